The number of nitrogens with zero attached hydrogens (tertiary/aromatic N) is 3. The van der Waals surface area contributed by atoms with Crippen molar-refractivity contribution in [1.29, 1.82) is 0 Å². The standard InChI is InChI=1S/C22H24FN5O2/c1-13-6-7-15(10-17(13)23)26-21-25-12-14-11-22(8-9-24-19(22)29)20(30)28(18(14)27-21)16-4-2-3-5-16/h6-7,10,12,16H,2-5,8-9,11H2,1H3,(H,24,29)(H,25,26,27)/t22-/m1/s1. The van der Waals surface area contributed by atoms with Crippen LogP contribution in [0.3, 0.4) is 0 Å². The minimum Gasteiger partial charge on any atom is -0.355 e. The van der Waals surface area contributed by atoms with Crippen LogP contribution in [0.5, 0.6) is 0 Å². The maximum Gasteiger partial charge on any atom is 0.244 e. The lowest BCUT2D eigenvalue weighted by Gasteiger charge is -2.40. The Morgan fingerprint density at radius 3 is 2.77 bits per heavy atom. The van der Waals surface area contributed by atoms with E-state index in [1.807, 2.05) is 0 Å². The third-order valence-corrected chi connectivity index (χ3v) is 6.58. The first-order valence-corrected chi connectivity index (χ1v) is 10.5. The van der Waals surface area contributed by atoms with Gasteiger partial charge in [0.15, 0.2) is 0 Å². The van der Waals surface area contributed by atoms with E-state index >= 15 is 0 Å². The molecular weight excluding hydrogens is 385 g/mol. The molecule has 8 heteroatoms. The van der Waals surface area contributed by atoms with E-state index in [1.165, 1.54) is 6.07 Å². The Bertz CT molecular complexity index is 1040. The van der Waals surface area contributed by atoms with Crippen LogP contribution in [0.25, 0.3) is 0 Å². The fourth-order valence-electron chi connectivity index (χ4n) is 4.86. The molecule has 2 fully saturated rings. The normalized spacial score (nSPS) is 23.7. The Morgan fingerprint density at radius 2 is 2.07 bits per heavy atom. The molecule has 5 rings (SSSR count). The minimum absolute atomic E-state index is 0.0430. The second-order valence-corrected chi connectivity index (χ2v) is 8.51. The molecule has 0 unspecified atom stereocenters. The molecule has 2 aromatic rings. The summed E-state index contributed by atoms with van der Waals surface area (Å²) in [7, 11) is 0. The molecule has 0 bridgehead atoms. The van der Waals surface area contributed by atoms with Crippen molar-refractivity contribution in [2.24, 2.45) is 5.41 Å². The van der Waals surface area contributed by atoms with Crippen LogP contribution in [0.15, 0.2) is 24.4 Å². The van der Waals surface area contributed by atoms with Crippen LogP contribution in [0.1, 0.15) is 43.2 Å². The van der Waals surface area contributed by atoms with Crippen molar-refractivity contribution in [3.63, 3.8) is 0 Å². The zero-order chi connectivity index (χ0) is 20.9. The molecule has 1 saturated heterocycles. The fraction of sp³-hybridized carbons (Fsp3) is 0.455. The summed E-state index contributed by atoms with van der Waals surface area (Å²) in [4.78, 5) is 37.0. The molecule has 2 aliphatic heterocycles. The number of anilines is 3. The number of benzene rings is 1. The molecule has 1 spiro atoms. The Hall–Kier alpha value is -3.03. The Morgan fingerprint density at radius 1 is 1.27 bits per heavy atom. The summed E-state index contributed by atoms with van der Waals surface area (Å²) in [6.07, 6.45) is 6.42. The minimum atomic E-state index is -1.05. The largest absolute Gasteiger partial charge is 0.355 e. The van der Waals surface area contributed by atoms with E-state index in [1.54, 1.807) is 30.2 Å². The summed E-state index contributed by atoms with van der Waals surface area (Å²) < 4.78 is 13.9. The molecule has 3 heterocycles. The third kappa shape index (κ3) is 2.93. The number of rotatable bonds is 3. The van der Waals surface area contributed by atoms with Crippen LogP contribution in [-0.2, 0) is 16.0 Å². The number of halogens is 1. The van der Waals surface area contributed by atoms with Crippen molar-refractivity contribution in [1.82, 2.24) is 15.3 Å². The molecule has 1 aromatic heterocycles. The number of aryl methyl sites for hydroxylation is 1. The predicted octanol–water partition coefficient (Wildman–Crippen LogP) is 3.01. The van der Waals surface area contributed by atoms with E-state index in [0.29, 0.717) is 42.4 Å². The zero-order valence-corrected chi connectivity index (χ0v) is 16.9. The molecule has 2 amide bonds. The first-order valence-electron chi connectivity index (χ1n) is 10.5. The number of carbonyl (C=O) groups is 2. The van der Waals surface area contributed by atoms with Gasteiger partial charge in [-0.1, -0.05) is 18.9 Å². The molecule has 1 aromatic carbocycles. The number of aromatic nitrogens is 2. The van der Waals surface area contributed by atoms with Crippen molar-refractivity contribution in [3.8, 4) is 0 Å². The lowest BCUT2D eigenvalue weighted by atomic mass is 9.76. The van der Waals surface area contributed by atoms with Gasteiger partial charge in [0.1, 0.15) is 17.1 Å². The highest BCUT2D eigenvalue weighted by molar-refractivity contribution is 6.14. The van der Waals surface area contributed by atoms with Crippen LogP contribution >= 0.6 is 0 Å². The molecule has 3 aliphatic rings. The Labute approximate surface area is 174 Å². The summed E-state index contributed by atoms with van der Waals surface area (Å²) in [5.74, 6) is 0.221. The lowest BCUT2D eigenvalue weighted by Crippen LogP contribution is -2.56. The number of fused-ring (bicyclic) bond motifs is 1. The average Bonchev–Trinajstić information content (AvgIpc) is 3.37. The Kier molecular flexibility index (Phi) is 4.45. The summed E-state index contributed by atoms with van der Waals surface area (Å²) in [6.45, 7) is 2.21. The first-order chi connectivity index (χ1) is 14.5. The maximum atomic E-state index is 13.9. The predicted molar refractivity (Wildman–Crippen MR) is 110 cm³/mol. The summed E-state index contributed by atoms with van der Waals surface area (Å²) in [6, 6.07) is 4.89. The van der Waals surface area contributed by atoms with Crippen LogP contribution < -0.4 is 15.5 Å². The van der Waals surface area contributed by atoms with Crippen molar-refractivity contribution in [3.05, 3.63) is 41.3 Å². The monoisotopic (exact) mass is 409 g/mol. The van der Waals surface area contributed by atoms with Gasteiger partial charge in [-0.15, -0.1) is 0 Å². The van der Waals surface area contributed by atoms with Gasteiger partial charge in [0.05, 0.1) is 0 Å². The molecule has 156 valence electrons. The Balaban J connectivity index is 1.54. The van der Waals surface area contributed by atoms with Crippen molar-refractivity contribution in [2.75, 3.05) is 16.8 Å². The molecule has 1 atom stereocenters. The molecule has 1 saturated carbocycles. The molecule has 7 nitrogen and oxygen atoms in total. The second-order valence-electron chi connectivity index (χ2n) is 8.51. The van der Waals surface area contributed by atoms with E-state index in [2.05, 4.69) is 20.6 Å². The van der Waals surface area contributed by atoms with Gasteiger partial charge < -0.3 is 10.6 Å². The van der Waals surface area contributed by atoms with Gasteiger partial charge in [-0.2, -0.15) is 4.98 Å². The number of hydrogen-bond acceptors (Lipinski definition) is 5. The van der Waals surface area contributed by atoms with Gasteiger partial charge in [-0.25, -0.2) is 9.37 Å². The van der Waals surface area contributed by atoms with Gasteiger partial charge in [0.25, 0.3) is 0 Å². The van der Waals surface area contributed by atoms with E-state index in [4.69, 9.17) is 0 Å². The quantitative estimate of drug-likeness (QED) is 0.761. The van der Waals surface area contributed by atoms with Gasteiger partial charge in [0.2, 0.25) is 17.8 Å². The second kappa shape index (κ2) is 7.04. The molecule has 30 heavy (non-hydrogen) atoms. The van der Waals surface area contributed by atoms with Gasteiger partial charge in [-0.05, 0) is 43.9 Å². The molecule has 2 N–H and O–H groups in total. The van der Waals surface area contributed by atoms with Gasteiger partial charge in [-0.3, -0.25) is 14.5 Å². The van der Waals surface area contributed by atoms with Gasteiger partial charge >= 0.3 is 0 Å². The number of amides is 2. The SMILES string of the molecule is Cc1ccc(Nc2ncc3c(n2)N(C2CCCC2)C(=O)[C@]2(CCNC2=O)C3)cc1F. The average molecular weight is 409 g/mol. The van der Waals surface area contributed by atoms with Crippen molar-refractivity contribution in [2.45, 2.75) is 51.5 Å². The van der Waals surface area contributed by atoms with E-state index < -0.39 is 5.41 Å². The molecule has 0 radical (unpaired) electrons. The van der Waals surface area contributed by atoms with Gasteiger partial charge in [0, 0.05) is 36.5 Å². The number of hydrogen-bond donors (Lipinski definition) is 2. The summed E-state index contributed by atoms with van der Waals surface area (Å²) in [5, 5.41) is 5.87. The highest BCUT2D eigenvalue weighted by Gasteiger charge is 2.56. The fourth-order valence-corrected chi connectivity index (χ4v) is 4.86. The molecular formula is C22H24FN5O2. The van der Waals surface area contributed by atoms with Crippen molar-refractivity contribution >= 4 is 29.3 Å². The van der Waals surface area contributed by atoms with Crippen LogP contribution in [0, 0.1) is 18.2 Å². The number of nitrogens with one attached hydrogen (secondary N) is 2. The summed E-state index contributed by atoms with van der Waals surface area (Å²) >= 11 is 0. The van der Waals surface area contributed by atoms with Crippen LogP contribution in [0.4, 0.5) is 21.8 Å². The molecule has 1 aliphatic carbocycles. The topological polar surface area (TPSA) is 87.2 Å². The zero-order valence-electron chi connectivity index (χ0n) is 16.9. The third-order valence-electron chi connectivity index (χ3n) is 6.58. The highest BCUT2D eigenvalue weighted by Crippen LogP contribution is 2.44. The van der Waals surface area contributed by atoms with E-state index in [0.717, 1.165) is 31.2 Å². The van der Waals surface area contributed by atoms with Crippen molar-refractivity contribution < 1.29 is 14.0 Å². The number of carbonyl (C=O) groups excluding carboxylic acids is 2. The van der Waals surface area contributed by atoms with E-state index in [-0.39, 0.29) is 23.7 Å². The first kappa shape index (κ1) is 19.0. The summed E-state index contributed by atoms with van der Waals surface area (Å²) in [5.41, 5.74) is 0.858. The smallest absolute Gasteiger partial charge is 0.244 e. The maximum absolute atomic E-state index is 13.9. The van der Waals surface area contributed by atoms with Crippen LogP contribution in [0.2, 0.25) is 0 Å². The highest BCUT2D eigenvalue weighted by atomic mass is 19.1. The van der Waals surface area contributed by atoms with Crippen LogP contribution in [-0.4, -0.2) is 34.4 Å². The lowest BCUT2D eigenvalue weighted by molar-refractivity contribution is -0.140. The van der Waals surface area contributed by atoms with E-state index in [9.17, 15) is 14.0 Å².